The molecule has 1 saturated heterocycles. The molecule has 1 aliphatic heterocycles. The van der Waals surface area contributed by atoms with E-state index in [4.69, 9.17) is 0 Å². The SMILES string of the molecule is O=C(O)C1C2CCC(C2)C1NC(=O)N1CCS(=O)CC1. The van der Waals surface area contributed by atoms with Gasteiger partial charge in [-0.05, 0) is 31.1 Å². The Hall–Kier alpha value is -1.11. The Kier molecular flexibility index (Phi) is 3.70. The number of amides is 2. The van der Waals surface area contributed by atoms with Gasteiger partial charge in [-0.25, -0.2) is 4.79 Å². The van der Waals surface area contributed by atoms with Crippen LogP contribution in [0, 0.1) is 17.8 Å². The number of nitrogens with zero attached hydrogens (tertiary/aromatic N) is 1. The second kappa shape index (κ2) is 5.35. The lowest BCUT2D eigenvalue weighted by Gasteiger charge is -2.33. The summed E-state index contributed by atoms with van der Waals surface area (Å²) >= 11 is 0. The van der Waals surface area contributed by atoms with Gasteiger partial charge in [0, 0.05) is 41.4 Å². The van der Waals surface area contributed by atoms with Gasteiger partial charge in [-0.15, -0.1) is 0 Å². The molecule has 4 atom stereocenters. The van der Waals surface area contributed by atoms with Crippen LogP contribution in [0.15, 0.2) is 0 Å². The number of rotatable bonds is 2. The highest BCUT2D eigenvalue weighted by molar-refractivity contribution is 7.85. The zero-order valence-electron chi connectivity index (χ0n) is 11.3. The molecule has 20 heavy (non-hydrogen) atoms. The third-order valence-corrected chi connectivity index (χ3v) is 6.23. The van der Waals surface area contributed by atoms with Crippen molar-refractivity contribution in [1.82, 2.24) is 10.2 Å². The van der Waals surface area contributed by atoms with Gasteiger partial charge in [0.05, 0.1) is 5.92 Å². The molecular weight excluding hydrogens is 280 g/mol. The Bertz CT molecular complexity index is 446. The molecule has 0 aromatic heterocycles. The highest BCUT2D eigenvalue weighted by Crippen LogP contribution is 2.48. The molecule has 3 fully saturated rings. The number of carboxylic acid groups (broad SMARTS) is 1. The Labute approximate surface area is 120 Å². The van der Waals surface area contributed by atoms with Gasteiger partial charge in [0.2, 0.25) is 0 Å². The van der Waals surface area contributed by atoms with Crippen molar-refractivity contribution in [3.8, 4) is 0 Å². The molecule has 0 aromatic carbocycles. The highest BCUT2D eigenvalue weighted by Gasteiger charge is 2.51. The number of aliphatic carboxylic acids is 1. The first-order valence-electron chi connectivity index (χ1n) is 7.19. The molecule has 3 aliphatic rings. The Morgan fingerprint density at radius 3 is 2.45 bits per heavy atom. The summed E-state index contributed by atoms with van der Waals surface area (Å²) in [6.45, 7) is 0.994. The van der Waals surface area contributed by atoms with E-state index in [-0.39, 0.29) is 18.0 Å². The Morgan fingerprint density at radius 1 is 1.15 bits per heavy atom. The van der Waals surface area contributed by atoms with Gasteiger partial charge >= 0.3 is 12.0 Å². The summed E-state index contributed by atoms with van der Waals surface area (Å²) in [5.74, 6) is 0.346. The van der Waals surface area contributed by atoms with E-state index >= 15 is 0 Å². The van der Waals surface area contributed by atoms with E-state index in [1.165, 1.54) is 0 Å². The summed E-state index contributed by atoms with van der Waals surface area (Å²) in [4.78, 5) is 25.3. The predicted molar refractivity (Wildman–Crippen MR) is 73.7 cm³/mol. The van der Waals surface area contributed by atoms with Crippen molar-refractivity contribution in [2.75, 3.05) is 24.6 Å². The lowest BCUT2D eigenvalue weighted by atomic mass is 9.84. The molecule has 2 aliphatic carbocycles. The van der Waals surface area contributed by atoms with Crippen molar-refractivity contribution < 1.29 is 18.9 Å². The molecule has 2 N–H and O–H groups in total. The van der Waals surface area contributed by atoms with Crippen LogP contribution in [0.2, 0.25) is 0 Å². The van der Waals surface area contributed by atoms with Crippen LogP contribution in [0.3, 0.4) is 0 Å². The summed E-state index contributed by atoms with van der Waals surface area (Å²) in [6, 6.07) is -0.420. The quantitative estimate of drug-likeness (QED) is 0.766. The summed E-state index contributed by atoms with van der Waals surface area (Å²) in [5, 5.41) is 12.3. The topological polar surface area (TPSA) is 86.7 Å². The van der Waals surface area contributed by atoms with Crippen molar-refractivity contribution in [3.63, 3.8) is 0 Å². The van der Waals surface area contributed by atoms with E-state index in [2.05, 4.69) is 5.32 Å². The van der Waals surface area contributed by atoms with Crippen molar-refractivity contribution in [2.45, 2.75) is 25.3 Å². The minimum Gasteiger partial charge on any atom is -0.481 e. The number of hydrogen-bond acceptors (Lipinski definition) is 3. The van der Waals surface area contributed by atoms with Gasteiger partial charge in [0.25, 0.3) is 0 Å². The van der Waals surface area contributed by atoms with Crippen molar-refractivity contribution in [3.05, 3.63) is 0 Å². The van der Waals surface area contributed by atoms with Crippen LogP contribution in [-0.4, -0.2) is 56.9 Å². The smallest absolute Gasteiger partial charge is 0.317 e. The number of carboxylic acids is 1. The fraction of sp³-hybridized carbons (Fsp3) is 0.846. The summed E-state index contributed by atoms with van der Waals surface area (Å²) < 4.78 is 11.3. The fourth-order valence-electron chi connectivity index (χ4n) is 3.93. The summed E-state index contributed by atoms with van der Waals surface area (Å²) in [5.41, 5.74) is 0. The number of urea groups is 1. The molecule has 1 heterocycles. The molecule has 3 rings (SSSR count). The molecule has 0 spiro atoms. The van der Waals surface area contributed by atoms with Crippen LogP contribution in [0.1, 0.15) is 19.3 Å². The second-order valence-electron chi connectivity index (χ2n) is 6.01. The van der Waals surface area contributed by atoms with Gasteiger partial charge in [-0.3, -0.25) is 9.00 Å². The lowest BCUT2D eigenvalue weighted by molar-refractivity contribution is -0.144. The lowest BCUT2D eigenvalue weighted by Crippen LogP contribution is -2.53. The monoisotopic (exact) mass is 300 g/mol. The first kappa shape index (κ1) is 13.9. The molecule has 2 amide bonds. The minimum atomic E-state index is -0.813. The third kappa shape index (κ3) is 2.43. The van der Waals surface area contributed by atoms with Gasteiger partial charge in [0.1, 0.15) is 0 Å². The van der Waals surface area contributed by atoms with Crippen LogP contribution in [0.5, 0.6) is 0 Å². The summed E-state index contributed by atoms with van der Waals surface area (Å²) in [6.07, 6.45) is 2.91. The second-order valence-corrected chi connectivity index (χ2v) is 7.70. The van der Waals surface area contributed by atoms with Crippen molar-refractivity contribution in [2.24, 2.45) is 17.8 Å². The van der Waals surface area contributed by atoms with E-state index in [0.717, 1.165) is 19.3 Å². The average Bonchev–Trinajstić information content (AvgIpc) is 3.00. The van der Waals surface area contributed by atoms with E-state index in [0.29, 0.717) is 30.5 Å². The number of nitrogens with one attached hydrogen (secondary N) is 1. The van der Waals surface area contributed by atoms with E-state index < -0.39 is 22.7 Å². The zero-order chi connectivity index (χ0) is 14.3. The molecule has 2 saturated carbocycles. The maximum Gasteiger partial charge on any atom is 0.317 e. The van der Waals surface area contributed by atoms with E-state index in [9.17, 15) is 18.9 Å². The zero-order valence-corrected chi connectivity index (χ0v) is 12.1. The Morgan fingerprint density at radius 2 is 1.80 bits per heavy atom. The van der Waals surface area contributed by atoms with Crippen LogP contribution in [0.25, 0.3) is 0 Å². The van der Waals surface area contributed by atoms with Crippen LogP contribution in [0.4, 0.5) is 4.79 Å². The van der Waals surface area contributed by atoms with Crippen molar-refractivity contribution in [1.29, 1.82) is 0 Å². The molecule has 4 unspecified atom stereocenters. The normalized spacial score (nSPS) is 37.1. The highest BCUT2D eigenvalue weighted by atomic mass is 32.2. The maximum absolute atomic E-state index is 12.2. The van der Waals surface area contributed by atoms with Gasteiger partial charge in [-0.1, -0.05) is 0 Å². The van der Waals surface area contributed by atoms with Gasteiger partial charge < -0.3 is 15.3 Å². The van der Waals surface area contributed by atoms with E-state index in [1.807, 2.05) is 0 Å². The number of carbonyl (C=O) groups is 2. The molecule has 6 nitrogen and oxygen atoms in total. The van der Waals surface area contributed by atoms with E-state index in [1.54, 1.807) is 4.90 Å². The van der Waals surface area contributed by atoms with Crippen LogP contribution >= 0.6 is 0 Å². The fourth-order valence-corrected chi connectivity index (χ4v) is 4.98. The van der Waals surface area contributed by atoms with Crippen molar-refractivity contribution >= 4 is 22.8 Å². The molecular formula is C13H20N2O4S. The van der Waals surface area contributed by atoms with Crippen LogP contribution in [-0.2, 0) is 15.6 Å². The molecule has 7 heteroatoms. The summed E-state index contributed by atoms with van der Waals surface area (Å²) in [7, 11) is -0.813. The first-order chi connectivity index (χ1) is 9.56. The molecule has 0 aromatic rings. The third-order valence-electron chi connectivity index (χ3n) is 4.96. The number of hydrogen-bond donors (Lipinski definition) is 2. The molecule has 0 radical (unpaired) electrons. The predicted octanol–water partition coefficient (Wildman–Crippen LogP) is 0.260. The average molecular weight is 300 g/mol. The largest absolute Gasteiger partial charge is 0.481 e. The number of carbonyl (C=O) groups excluding carboxylic acids is 1. The minimum absolute atomic E-state index is 0.189. The molecule has 2 bridgehead atoms. The first-order valence-corrected chi connectivity index (χ1v) is 8.68. The van der Waals surface area contributed by atoms with Gasteiger partial charge in [0.15, 0.2) is 0 Å². The number of fused-ring (bicyclic) bond motifs is 2. The standard InChI is InChI=1S/C13H20N2O4S/c16-12(17)10-8-1-2-9(7-8)11(10)14-13(18)15-3-5-20(19)6-4-15/h8-11H,1-7H2,(H,14,18)(H,16,17). The van der Waals surface area contributed by atoms with Crippen LogP contribution < -0.4 is 5.32 Å². The molecule has 112 valence electrons. The van der Waals surface area contributed by atoms with Gasteiger partial charge in [-0.2, -0.15) is 0 Å². The maximum atomic E-state index is 12.2. The Balaban J connectivity index is 1.63.